The normalized spacial score (nSPS) is 15.0. The summed E-state index contributed by atoms with van der Waals surface area (Å²) >= 11 is 11.9. The van der Waals surface area contributed by atoms with Gasteiger partial charge in [-0.25, -0.2) is 4.39 Å². The van der Waals surface area contributed by atoms with Crippen molar-refractivity contribution >= 4 is 58.0 Å². The van der Waals surface area contributed by atoms with Crippen molar-refractivity contribution in [2.45, 2.75) is 12.5 Å². The first-order chi connectivity index (χ1) is 15.3. The maximum absolute atomic E-state index is 13.3. The van der Waals surface area contributed by atoms with Crippen LogP contribution in [0.15, 0.2) is 66.7 Å². The molecule has 1 unspecified atom stereocenters. The zero-order valence-corrected chi connectivity index (χ0v) is 18.0. The van der Waals surface area contributed by atoms with Gasteiger partial charge in [-0.15, -0.1) is 0 Å². The predicted octanol–water partition coefficient (Wildman–Crippen LogP) is 5.13. The molecule has 32 heavy (non-hydrogen) atoms. The van der Waals surface area contributed by atoms with Crippen molar-refractivity contribution in [3.8, 4) is 0 Å². The summed E-state index contributed by atoms with van der Waals surface area (Å²) in [5, 5.41) is 5.99. The van der Waals surface area contributed by atoms with Crippen LogP contribution in [-0.4, -0.2) is 23.8 Å². The van der Waals surface area contributed by atoms with Crippen molar-refractivity contribution in [2.24, 2.45) is 0 Å². The zero-order chi connectivity index (χ0) is 22.8. The van der Waals surface area contributed by atoms with Gasteiger partial charge < -0.3 is 10.6 Å². The Kier molecular flexibility index (Phi) is 6.12. The second kappa shape index (κ2) is 8.98. The Labute approximate surface area is 192 Å². The highest BCUT2D eigenvalue weighted by molar-refractivity contribution is 6.42. The molecule has 1 aliphatic rings. The highest BCUT2D eigenvalue weighted by atomic mass is 35.5. The third-order valence-electron chi connectivity index (χ3n) is 4.93. The maximum Gasteiger partial charge on any atom is 0.259 e. The fourth-order valence-corrected chi connectivity index (χ4v) is 3.72. The number of nitrogens with zero attached hydrogens (tertiary/aromatic N) is 1. The van der Waals surface area contributed by atoms with Crippen LogP contribution in [0.25, 0.3) is 0 Å². The smallest absolute Gasteiger partial charge is 0.259 e. The lowest BCUT2D eigenvalue weighted by atomic mass is 10.0. The number of halogens is 3. The van der Waals surface area contributed by atoms with Crippen molar-refractivity contribution in [1.82, 2.24) is 0 Å². The average Bonchev–Trinajstić information content (AvgIpc) is 2.77. The van der Waals surface area contributed by atoms with Gasteiger partial charge in [-0.2, -0.15) is 0 Å². The molecule has 9 heteroatoms. The highest BCUT2D eigenvalue weighted by Crippen LogP contribution is 2.34. The Hall–Kier alpha value is -3.42. The molecule has 0 aliphatic carbocycles. The standard InChI is InChI=1S/C23H16Cl2FN3O3/c24-16-10-9-15(11-17(16)25)27-21(30)12-20-22(31)28-18-3-1-2-4-19(18)29(20)23(32)13-5-7-14(26)8-6-13/h1-11,20H,12H2,(H,27,30)(H,28,31). The van der Waals surface area contributed by atoms with Gasteiger partial charge in [0.25, 0.3) is 5.91 Å². The van der Waals surface area contributed by atoms with Gasteiger partial charge in [0.15, 0.2) is 0 Å². The van der Waals surface area contributed by atoms with Crippen LogP contribution in [0.3, 0.4) is 0 Å². The zero-order valence-electron chi connectivity index (χ0n) is 16.4. The first-order valence-electron chi connectivity index (χ1n) is 9.57. The van der Waals surface area contributed by atoms with Crippen LogP contribution in [0.5, 0.6) is 0 Å². The third-order valence-corrected chi connectivity index (χ3v) is 5.67. The quantitative estimate of drug-likeness (QED) is 0.553. The summed E-state index contributed by atoms with van der Waals surface area (Å²) in [6, 6.07) is 15.2. The Balaban J connectivity index is 1.64. The average molecular weight is 472 g/mol. The molecule has 0 fully saturated rings. The van der Waals surface area contributed by atoms with E-state index in [-0.39, 0.29) is 17.0 Å². The van der Waals surface area contributed by atoms with E-state index in [1.165, 1.54) is 29.2 Å². The van der Waals surface area contributed by atoms with Gasteiger partial charge in [0.1, 0.15) is 11.9 Å². The second-order valence-electron chi connectivity index (χ2n) is 7.09. The lowest BCUT2D eigenvalue weighted by Crippen LogP contribution is -2.52. The molecular formula is C23H16Cl2FN3O3. The Morgan fingerprint density at radius 2 is 1.72 bits per heavy atom. The number of anilines is 3. The van der Waals surface area contributed by atoms with E-state index in [4.69, 9.17) is 23.2 Å². The van der Waals surface area contributed by atoms with E-state index >= 15 is 0 Å². The van der Waals surface area contributed by atoms with E-state index < -0.39 is 29.6 Å². The van der Waals surface area contributed by atoms with E-state index in [9.17, 15) is 18.8 Å². The summed E-state index contributed by atoms with van der Waals surface area (Å²) in [5.41, 5.74) is 1.46. The van der Waals surface area contributed by atoms with Crippen LogP contribution in [-0.2, 0) is 9.59 Å². The molecule has 1 heterocycles. The SMILES string of the molecule is O=C(CC1C(=O)Nc2ccccc2N1C(=O)c1ccc(F)cc1)Nc1ccc(Cl)c(Cl)c1. The third kappa shape index (κ3) is 4.44. The summed E-state index contributed by atoms with van der Waals surface area (Å²) in [5.74, 6) is -2.03. The molecule has 0 radical (unpaired) electrons. The minimum atomic E-state index is -1.12. The molecule has 0 saturated heterocycles. The number of hydrogen-bond donors (Lipinski definition) is 2. The molecule has 162 valence electrons. The van der Waals surface area contributed by atoms with Gasteiger partial charge >= 0.3 is 0 Å². The largest absolute Gasteiger partial charge is 0.326 e. The molecule has 0 bridgehead atoms. The van der Waals surface area contributed by atoms with Crippen LogP contribution >= 0.6 is 23.2 Å². The van der Waals surface area contributed by atoms with Gasteiger partial charge in [-0.3, -0.25) is 19.3 Å². The summed E-state index contributed by atoms with van der Waals surface area (Å²) in [4.78, 5) is 40.2. The molecule has 6 nitrogen and oxygen atoms in total. The van der Waals surface area contributed by atoms with E-state index in [2.05, 4.69) is 10.6 Å². The monoisotopic (exact) mass is 471 g/mol. The second-order valence-corrected chi connectivity index (χ2v) is 7.90. The van der Waals surface area contributed by atoms with Crippen molar-refractivity contribution in [2.75, 3.05) is 15.5 Å². The Bertz CT molecular complexity index is 1220. The van der Waals surface area contributed by atoms with E-state index in [1.54, 1.807) is 30.3 Å². The molecule has 1 aliphatic heterocycles. The maximum atomic E-state index is 13.3. The van der Waals surface area contributed by atoms with Crippen LogP contribution in [0, 0.1) is 5.82 Å². The number of nitrogens with one attached hydrogen (secondary N) is 2. The summed E-state index contributed by atoms with van der Waals surface area (Å²) in [6.45, 7) is 0. The highest BCUT2D eigenvalue weighted by Gasteiger charge is 2.38. The fraction of sp³-hybridized carbons (Fsp3) is 0.0870. The predicted molar refractivity (Wildman–Crippen MR) is 122 cm³/mol. The number of amides is 3. The molecule has 1 atom stereocenters. The van der Waals surface area contributed by atoms with E-state index in [1.807, 2.05) is 0 Å². The lowest BCUT2D eigenvalue weighted by Gasteiger charge is -2.36. The number of rotatable bonds is 4. The molecule has 0 saturated carbocycles. The summed E-state index contributed by atoms with van der Waals surface area (Å²) in [6.07, 6.45) is -0.312. The number of carbonyl (C=O) groups excluding carboxylic acids is 3. The van der Waals surface area contributed by atoms with Crippen molar-refractivity contribution in [3.63, 3.8) is 0 Å². The van der Waals surface area contributed by atoms with Gasteiger partial charge in [-0.05, 0) is 54.6 Å². The number of para-hydroxylation sites is 2. The lowest BCUT2D eigenvalue weighted by molar-refractivity contribution is -0.122. The van der Waals surface area contributed by atoms with Crippen LogP contribution in [0.1, 0.15) is 16.8 Å². The summed E-state index contributed by atoms with van der Waals surface area (Å²) in [7, 11) is 0. The van der Waals surface area contributed by atoms with Crippen molar-refractivity contribution in [3.05, 3.63) is 88.2 Å². The first-order valence-corrected chi connectivity index (χ1v) is 10.3. The van der Waals surface area contributed by atoms with Crippen molar-refractivity contribution in [1.29, 1.82) is 0 Å². The molecule has 0 spiro atoms. The van der Waals surface area contributed by atoms with Gasteiger partial charge in [0, 0.05) is 11.3 Å². The fourth-order valence-electron chi connectivity index (χ4n) is 3.42. The van der Waals surface area contributed by atoms with Gasteiger partial charge in [-0.1, -0.05) is 35.3 Å². The van der Waals surface area contributed by atoms with E-state index in [0.717, 1.165) is 12.1 Å². The Morgan fingerprint density at radius 3 is 2.44 bits per heavy atom. The number of hydrogen-bond acceptors (Lipinski definition) is 3. The Morgan fingerprint density at radius 1 is 1.00 bits per heavy atom. The topological polar surface area (TPSA) is 78.5 Å². The molecule has 3 amide bonds. The molecule has 2 N–H and O–H groups in total. The van der Waals surface area contributed by atoms with Gasteiger partial charge in [0.2, 0.25) is 11.8 Å². The molecule has 0 aromatic heterocycles. The molecular weight excluding hydrogens is 456 g/mol. The number of fused-ring (bicyclic) bond motifs is 1. The minimum absolute atomic E-state index is 0.186. The van der Waals surface area contributed by atoms with Crippen LogP contribution < -0.4 is 15.5 Å². The van der Waals surface area contributed by atoms with Crippen molar-refractivity contribution < 1.29 is 18.8 Å². The van der Waals surface area contributed by atoms with Crippen LogP contribution in [0.4, 0.5) is 21.5 Å². The number of benzene rings is 3. The molecule has 3 aromatic carbocycles. The van der Waals surface area contributed by atoms with E-state index in [0.29, 0.717) is 22.1 Å². The minimum Gasteiger partial charge on any atom is -0.326 e. The van der Waals surface area contributed by atoms with Crippen LogP contribution in [0.2, 0.25) is 10.0 Å². The molecule has 3 aromatic rings. The number of carbonyl (C=O) groups is 3. The summed E-state index contributed by atoms with van der Waals surface area (Å²) < 4.78 is 13.3. The van der Waals surface area contributed by atoms with Gasteiger partial charge in [0.05, 0.1) is 27.8 Å². The molecule has 4 rings (SSSR count). The first kappa shape index (κ1) is 21.8.